The molecule has 0 unspecified atom stereocenters. The minimum atomic E-state index is 0.788. The van der Waals surface area contributed by atoms with Gasteiger partial charge in [-0.05, 0) is 53.0 Å². The molecule has 0 amide bonds. The third-order valence-corrected chi connectivity index (χ3v) is 4.20. The van der Waals surface area contributed by atoms with Crippen LogP contribution in [0, 0.1) is 13.8 Å². The van der Waals surface area contributed by atoms with Gasteiger partial charge in [0, 0.05) is 17.5 Å². The molecule has 106 valence electrons. The number of halogens is 1. The van der Waals surface area contributed by atoms with Crippen molar-refractivity contribution in [3.63, 3.8) is 0 Å². The van der Waals surface area contributed by atoms with Gasteiger partial charge in [-0.25, -0.2) is 4.98 Å². The van der Waals surface area contributed by atoms with Gasteiger partial charge in [0.05, 0.1) is 12.7 Å². The Bertz CT molecular complexity index is 760. The predicted octanol–water partition coefficient (Wildman–Crippen LogP) is 4.37. The van der Waals surface area contributed by atoms with Crippen molar-refractivity contribution in [2.24, 2.45) is 0 Å². The molecule has 0 aliphatic rings. The van der Waals surface area contributed by atoms with Crippen LogP contribution in [0.25, 0.3) is 11.4 Å². The smallest absolute Gasteiger partial charge is 0.142 e. The quantitative estimate of drug-likeness (QED) is 0.708. The molecule has 4 heteroatoms. The lowest BCUT2D eigenvalue weighted by Crippen LogP contribution is -2.04. The lowest BCUT2D eigenvalue weighted by Gasteiger charge is -2.11. The van der Waals surface area contributed by atoms with Crippen molar-refractivity contribution in [1.29, 1.82) is 0 Å². The van der Waals surface area contributed by atoms with Crippen molar-refractivity contribution < 1.29 is 0 Å². The molecule has 0 bridgehead atoms. The molecule has 1 aromatic carbocycles. The van der Waals surface area contributed by atoms with Crippen LogP contribution >= 0.6 is 15.9 Å². The number of benzene rings is 1. The molecule has 2 heterocycles. The minimum absolute atomic E-state index is 0.788. The number of hydrogen-bond acceptors (Lipinski definition) is 2. The van der Waals surface area contributed by atoms with Crippen LogP contribution in [0.5, 0.6) is 0 Å². The van der Waals surface area contributed by atoms with Crippen molar-refractivity contribution in [2.45, 2.75) is 20.4 Å². The summed E-state index contributed by atoms with van der Waals surface area (Å²) in [4.78, 5) is 8.88. The molecule has 0 aliphatic heterocycles. The zero-order chi connectivity index (χ0) is 14.8. The molecule has 0 saturated carbocycles. The van der Waals surface area contributed by atoms with Gasteiger partial charge in [-0.1, -0.05) is 24.3 Å². The molecular formula is C17H16BrN3. The second-order valence-electron chi connectivity index (χ2n) is 5.11. The molecule has 0 radical (unpaired) electrons. The largest absolute Gasteiger partial charge is 0.314 e. The van der Waals surface area contributed by atoms with Crippen LogP contribution in [0.15, 0.2) is 53.4 Å². The van der Waals surface area contributed by atoms with Gasteiger partial charge >= 0.3 is 0 Å². The van der Waals surface area contributed by atoms with Crippen molar-refractivity contribution in [3.8, 4) is 11.4 Å². The maximum Gasteiger partial charge on any atom is 0.142 e. The first-order valence-electron chi connectivity index (χ1n) is 6.83. The maximum atomic E-state index is 4.52. The zero-order valence-corrected chi connectivity index (χ0v) is 13.6. The number of pyridine rings is 1. The van der Waals surface area contributed by atoms with E-state index in [-0.39, 0.29) is 0 Å². The van der Waals surface area contributed by atoms with Crippen molar-refractivity contribution in [2.75, 3.05) is 0 Å². The number of rotatable bonds is 3. The van der Waals surface area contributed by atoms with Crippen molar-refractivity contribution >= 4 is 15.9 Å². The van der Waals surface area contributed by atoms with Crippen LogP contribution in [0.4, 0.5) is 0 Å². The molecule has 0 aliphatic carbocycles. The summed E-state index contributed by atoms with van der Waals surface area (Å²) < 4.78 is 3.13. The molecule has 3 aromatic rings. The Morgan fingerprint density at radius 2 is 1.81 bits per heavy atom. The lowest BCUT2D eigenvalue weighted by atomic mass is 10.1. The normalized spacial score (nSPS) is 10.8. The molecule has 0 spiro atoms. The summed E-state index contributed by atoms with van der Waals surface area (Å²) in [5, 5.41) is 0. The highest BCUT2D eigenvalue weighted by Crippen LogP contribution is 2.24. The fourth-order valence-electron chi connectivity index (χ4n) is 2.29. The third kappa shape index (κ3) is 2.90. The Hall–Kier alpha value is -1.94. The average molecular weight is 342 g/mol. The number of aryl methyl sites for hydroxylation is 2. The van der Waals surface area contributed by atoms with Crippen LogP contribution in [0.2, 0.25) is 0 Å². The van der Waals surface area contributed by atoms with E-state index < -0.39 is 0 Å². The summed E-state index contributed by atoms with van der Waals surface area (Å²) in [5.74, 6) is 0.928. The van der Waals surface area contributed by atoms with Crippen LogP contribution in [0.1, 0.15) is 16.8 Å². The lowest BCUT2D eigenvalue weighted by molar-refractivity contribution is 0.784. The van der Waals surface area contributed by atoms with E-state index in [4.69, 9.17) is 0 Å². The second kappa shape index (κ2) is 5.82. The zero-order valence-electron chi connectivity index (χ0n) is 12.0. The summed E-state index contributed by atoms with van der Waals surface area (Å²) >= 11 is 3.59. The van der Waals surface area contributed by atoms with E-state index in [9.17, 15) is 0 Å². The van der Waals surface area contributed by atoms with E-state index in [1.807, 2.05) is 25.4 Å². The van der Waals surface area contributed by atoms with Gasteiger partial charge in [0.25, 0.3) is 0 Å². The molecule has 3 rings (SSSR count). The van der Waals surface area contributed by atoms with E-state index in [0.717, 1.165) is 28.2 Å². The van der Waals surface area contributed by atoms with E-state index in [1.165, 1.54) is 11.1 Å². The van der Waals surface area contributed by atoms with Gasteiger partial charge in [-0.15, -0.1) is 0 Å². The van der Waals surface area contributed by atoms with Gasteiger partial charge < -0.3 is 4.57 Å². The van der Waals surface area contributed by atoms with Crippen molar-refractivity contribution in [3.05, 3.63) is 70.2 Å². The van der Waals surface area contributed by atoms with Crippen LogP contribution in [-0.2, 0) is 6.54 Å². The third-order valence-electron chi connectivity index (χ3n) is 3.57. The van der Waals surface area contributed by atoms with Gasteiger partial charge in [-0.2, -0.15) is 0 Å². The Balaban J connectivity index is 2.01. The monoisotopic (exact) mass is 341 g/mol. The summed E-state index contributed by atoms with van der Waals surface area (Å²) in [7, 11) is 0. The topological polar surface area (TPSA) is 30.7 Å². The van der Waals surface area contributed by atoms with Crippen LogP contribution in [0.3, 0.4) is 0 Å². The summed E-state index contributed by atoms with van der Waals surface area (Å²) in [6, 6.07) is 12.5. The molecular weight excluding hydrogens is 326 g/mol. The number of nitrogens with zero attached hydrogens (tertiary/aromatic N) is 3. The highest BCUT2D eigenvalue weighted by molar-refractivity contribution is 9.10. The Kier molecular flexibility index (Phi) is 3.88. The minimum Gasteiger partial charge on any atom is -0.314 e. The summed E-state index contributed by atoms with van der Waals surface area (Å²) in [6.45, 7) is 4.91. The Morgan fingerprint density at radius 3 is 2.52 bits per heavy atom. The summed E-state index contributed by atoms with van der Waals surface area (Å²) in [5.41, 5.74) is 4.61. The van der Waals surface area contributed by atoms with Crippen molar-refractivity contribution in [1.82, 2.24) is 14.5 Å². The Morgan fingerprint density at radius 1 is 1.00 bits per heavy atom. The van der Waals surface area contributed by atoms with Crippen LogP contribution < -0.4 is 0 Å². The molecule has 0 N–H and O–H groups in total. The number of aromatic nitrogens is 3. The second-order valence-corrected chi connectivity index (χ2v) is 5.92. The molecule has 21 heavy (non-hydrogen) atoms. The van der Waals surface area contributed by atoms with E-state index in [2.05, 4.69) is 67.7 Å². The molecule has 3 nitrogen and oxygen atoms in total. The van der Waals surface area contributed by atoms with Crippen LogP contribution in [-0.4, -0.2) is 14.5 Å². The van der Waals surface area contributed by atoms with Gasteiger partial charge in [-0.3, -0.25) is 4.98 Å². The first-order valence-corrected chi connectivity index (χ1v) is 7.63. The van der Waals surface area contributed by atoms with Gasteiger partial charge in [0.15, 0.2) is 0 Å². The molecule has 0 saturated heterocycles. The highest BCUT2D eigenvalue weighted by Gasteiger charge is 2.11. The molecule has 2 aromatic heterocycles. The maximum absolute atomic E-state index is 4.52. The van der Waals surface area contributed by atoms with E-state index in [0.29, 0.717) is 0 Å². The number of hydrogen-bond donors (Lipinski definition) is 0. The molecule has 0 atom stereocenters. The predicted molar refractivity (Wildman–Crippen MR) is 88.2 cm³/mol. The number of imidazole rings is 1. The first-order chi connectivity index (χ1) is 10.1. The molecule has 0 fully saturated rings. The van der Waals surface area contributed by atoms with Gasteiger partial charge in [0.2, 0.25) is 0 Å². The van der Waals surface area contributed by atoms with E-state index in [1.54, 1.807) is 0 Å². The standard InChI is InChI=1S/C17H16BrN3/c1-12-5-3-4-6-15(12)11-21-16(18)10-20-17(21)14-8-7-13(2)19-9-14/h3-10H,11H2,1-2H3. The fourth-order valence-corrected chi connectivity index (χ4v) is 2.69. The average Bonchev–Trinajstić information content (AvgIpc) is 2.84. The Labute approximate surface area is 132 Å². The fraction of sp³-hybridized carbons (Fsp3) is 0.176. The summed E-state index contributed by atoms with van der Waals surface area (Å²) in [6.07, 6.45) is 3.71. The van der Waals surface area contributed by atoms with E-state index >= 15 is 0 Å². The highest BCUT2D eigenvalue weighted by atomic mass is 79.9. The SMILES string of the molecule is Cc1ccc(-c2ncc(Br)n2Cc2ccccc2C)cn1. The first kappa shape index (κ1) is 14.0. The van der Waals surface area contributed by atoms with Gasteiger partial charge in [0.1, 0.15) is 10.4 Å².